The average molecular weight is 324 g/mol. The number of benzene rings is 1. The molecule has 2 heterocycles. The van der Waals surface area contributed by atoms with Gasteiger partial charge < -0.3 is 11.1 Å². The standard InChI is InChI=1S/C19H24N4O/c1-14(9-15-5-3-2-4-6-15)11-21-12-16-7-8-23-18(10-16)17(13-22-23)19(20)24/h2-6,9,13,16,21H,7-8,10-12H2,1H3,(H2,20,24)/b14-9-. The van der Waals surface area contributed by atoms with Gasteiger partial charge in [-0.2, -0.15) is 5.10 Å². The minimum atomic E-state index is -0.383. The zero-order valence-corrected chi connectivity index (χ0v) is 14.0. The Hall–Kier alpha value is -2.40. The van der Waals surface area contributed by atoms with E-state index in [9.17, 15) is 4.79 Å². The van der Waals surface area contributed by atoms with E-state index in [-0.39, 0.29) is 5.91 Å². The lowest BCUT2D eigenvalue weighted by molar-refractivity contribution is 0.0998. The molecule has 0 aliphatic carbocycles. The van der Waals surface area contributed by atoms with Crippen LogP contribution in [0.15, 0.2) is 42.1 Å². The Morgan fingerprint density at radius 2 is 2.21 bits per heavy atom. The molecule has 5 nitrogen and oxygen atoms in total. The molecule has 1 atom stereocenters. The zero-order chi connectivity index (χ0) is 16.9. The van der Waals surface area contributed by atoms with Gasteiger partial charge in [-0.25, -0.2) is 0 Å². The van der Waals surface area contributed by atoms with Crippen molar-refractivity contribution >= 4 is 12.0 Å². The van der Waals surface area contributed by atoms with Crippen LogP contribution < -0.4 is 11.1 Å². The summed E-state index contributed by atoms with van der Waals surface area (Å²) in [5.74, 6) is 0.128. The summed E-state index contributed by atoms with van der Waals surface area (Å²) >= 11 is 0. The number of nitrogens with two attached hydrogens (primary N) is 1. The molecule has 1 aromatic carbocycles. The summed E-state index contributed by atoms with van der Waals surface area (Å²) < 4.78 is 1.91. The molecule has 126 valence electrons. The quantitative estimate of drug-likeness (QED) is 0.856. The molecule has 2 aromatic rings. The number of aryl methyl sites for hydroxylation is 1. The van der Waals surface area contributed by atoms with Crippen molar-refractivity contribution in [3.63, 3.8) is 0 Å². The number of primary amides is 1. The molecule has 24 heavy (non-hydrogen) atoms. The van der Waals surface area contributed by atoms with Gasteiger partial charge in [0.15, 0.2) is 0 Å². The second-order valence-electron chi connectivity index (χ2n) is 6.48. The van der Waals surface area contributed by atoms with E-state index in [4.69, 9.17) is 5.73 Å². The van der Waals surface area contributed by atoms with Crippen LogP contribution in [0.5, 0.6) is 0 Å². The normalized spacial score (nSPS) is 17.5. The van der Waals surface area contributed by atoms with Crippen LogP contribution in [-0.4, -0.2) is 28.8 Å². The summed E-state index contributed by atoms with van der Waals surface area (Å²) in [6.07, 6.45) is 5.72. The first-order chi connectivity index (χ1) is 11.6. The predicted octanol–water partition coefficient (Wildman–Crippen LogP) is 2.24. The van der Waals surface area contributed by atoms with Gasteiger partial charge in [-0.15, -0.1) is 0 Å². The Morgan fingerprint density at radius 3 is 2.96 bits per heavy atom. The average Bonchev–Trinajstić information content (AvgIpc) is 2.99. The fraction of sp³-hybridized carbons (Fsp3) is 0.368. The van der Waals surface area contributed by atoms with Crippen LogP contribution in [0.2, 0.25) is 0 Å². The maximum atomic E-state index is 11.5. The largest absolute Gasteiger partial charge is 0.365 e. The summed E-state index contributed by atoms with van der Waals surface area (Å²) in [6.45, 7) is 4.80. The Balaban J connectivity index is 1.52. The van der Waals surface area contributed by atoms with E-state index in [0.717, 1.165) is 38.2 Å². The number of fused-ring (bicyclic) bond motifs is 1. The van der Waals surface area contributed by atoms with Crippen LogP contribution in [0.25, 0.3) is 6.08 Å². The van der Waals surface area contributed by atoms with E-state index < -0.39 is 0 Å². The van der Waals surface area contributed by atoms with E-state index >= 15 is 0 Å². The first-order valence-corrected chi connectivity index (χ1v) is 8.41. The Morgan fingerprint density at radius 1 is 1.42 bits per heavy atom. The minimum Gasteiger partial charge on any atom is -0.365 e. The van der Waals surface area contributed by atoms with Crippen LogP contribution in [0.3, 0.4) is 0 Å². The summed E-state index contributed by atoms with van der Waals surface area (Å²) in [5, 5.41) is 7.79. The van der Waals surface area contributed by atoms with E-state index in [1.165, 1.54) is 11.1 Å². The van der Waals surface area contributed by atoms with Gasteiger partial charge in [-0.3, -0.25) is 9.48 Å². The Kier molecular flexibility index (Phi) is 5.11. The zero-order valence-electron chi connectivity index (χ0n) is 14.0. The van der Waals surface area contributed by atoms with Gasteiger partial charge in [0.25, 0.3) is 5.91 Å². The summed E-state index contributed by atoms with van der Waals surface area (Å²) in [4.78, 5) is 11.5. The SMILES string of the molecule is C/C(=C/c1ccccc1)CNCC1CCn2ncc(C(N)=O)c2C1. The van der Waals surface area contributed by atoms with Crippen LogP contribution in [-0.2, 0) is 13.0 Å². The van der Waals surface area contributed by atoms with Crippen LogP contribution in [0.4, 0.5) is 0 Å². The van der Waals surface area contributed by atoms with Gasteiger partial charge in [-0.05, 0) is 37.8 Å². The van der Waals surface area contributed by atoms with Crippen LogP contribution >= 0.6 is 0 Å². The number of carbonyl (C=O) groups excluding carboxylic acids is 1. The van der Waals surface area contributed by atoms with Crippen molar-refractivity contribution in [3.05, 3.63) is 58.9 Å². The summed E-state index contributed by atoms with van der Waals surface area (Å²) in [6, 6.07) is 10.3. The third-order valence-electron chi connectivity index (χ3n) is 4.49. The van der Waals surface area contributed by atoms with E-state index in [1.807, 2.05) is 22.9 Å². The Bertz CT molecular complexity index is 733. The highest BCUT2D eigenvalue weighted by Gasteiger charge is 2.23. The van der Waals surface area contributed by atoms with E-state index in [1.54, 1.807) is 6.20 Å². The monoisotopic (exact) mass is 324 g/mol. The second-order valence-corrected chi connectivity index (χ2v) is 6.48. The molecule has 0 fully saturated rings. The molecule has 0 spiro atoms. The van der Waals surface area contributed by atoms with Gasteiger partial charge in [0.1, 0.15) is 0 Å². The molecular formula is C19H24N4O. The second kappa shape index (κ2) is 7.45. The number of nitrogens with one attached hydrogen (secondary N) is 1. The Labute approximate surface area is 142 Å². The van der Waals surface area contributed by atoms with Crippen molar-refractivity contribution in [2.24, 2.45) is 11.7 Å². The van der Waals surface area contributed by atoms with Gasteiger partial charge in [0, 0.05) is 13.1 Å². The molecule has 3 rings (SSSR count). The number of rotatable bonds is 6. The van der Waals surface area contributed by atoms with Crippen molar-refractivity contribution < 1.29 is 4.79 Å². The van der Waals surface area contributed by atoms with Gasteiger partial charge in [-0.1, -0.05) is 42.0 Å². The molecule has 1 amide bonds. The molecule has 1 unspecified atom stereocenters. The van der Waals surface area contributed by atoms with Crippen molar-refractivity contribution in [2.45, 2.75) is 26.3 Å². The number of hydrogen-bond acceptors (Lipinski definition) is 3. The first kappa shape index (κ1) is 16.5. The number of aromatic nitrogens is 2. The van der Waals surface area contributed by atoms with Crippen molar-refractivity contribution in [1.29, 1.82) is 0 Å². The molecule has 0 saturated carbocycles. The number of amides is 1. The molecule has 3 N–H and O–H groups in total. The lowest BCUT2D eigenvalue weighted by atomic mass is 9.94. The smallest absolute Gasteiger partial charge is 0.252 e. The maximum Gasteiger partial charge on any atom is 0.252 e. The maximum absolute atomic E-state index is 11.5. The van der Waals surface area contributed by atoms with Crippen molar-refractivity contribution in [2.75, 3.05) is 13.1 Å². The first-order valence-electron chi connectivity index (χ1n) is 8.41. The van der Waals surface area contributed by atoms with Crippen molar-refractivity contribution in [3.8, 4) is 0 Å². The topological polar surface area (TPSA) is 72.9 Å². The third-order valence-corrected chi connectivity index (χ3v) is 4.49. The van der Waals surface area contributed by atoms with Gasteiger partial charge in [0.05, 0.1) is 17.5 Å². The van der Waals surface area contributed by atoms with E-state index in [2.05, 4.69) is 35.5 Å². The molecule has 0 bridgehead atoms. The number of carbonyl (C=O) groups is 1. The number of nitrogens with zero attached hydrogens (tertiary/aromatic N) is 2. The van der Waals surface area contributed by atoms with Crippen molar-refractivity contribution in [1.82, 2.24) is 15.1 Å². The summed E-state index contributed by atoms with van der Waals surface area (Å²) in [7, 11) is 0. The fourth-order valence-corrected chi connectivity index (χ4v) is 3.24. The highest BCUT2D eigenvalue weighted by molar-refractivity contribution is 5.93. The van der Waals surface area contributed by atoms with Gasteiger partial charge in [0.2, 0.25) is 0 Å². The number of hydrogen-bond donors (Lipinski definition) is 2. The molecule has 0 radical (unpaired) electrons. The molecule has 1 aromatic heterocycles. The molecular weight excluding hydrogens is 300 g/mol. The molecule has 1 aliphatic heterocycles. The molecule has 1 aliphatic rings. The third kappa shape index (κ3) is 3.92. The highest BCUT2D eigenvalue weighted by atomic mass is 16.1. The summed E-state index contributed by atoms with van der Waals surface area (Å²) in [5.41, 5.74) is 9.51. The minimum absolute atomic E-state index is 0.383. The molecule has 5 heteroatoms. The lowest BCUT2D eigenvalue weighted by Gasteiger charge is -2.24. The van der Waals surface area contributed by atoms with Gasteiger partial charge >= 0.3 is 0 Å². The van der Waals surface area contributed by atoms with Crippen LogP contribution in [0, 0.1) is 5.92 Å². The molecule has 0 saturated heterocycles. The fourth-order valence-electron chi connectivity index (χ4n) is 3.24. The van der Waals surface area contributed by atoms with Crippen LogP contribution in [0.1, 0.15) is 35.0 Å². The predicted molar refractivity (Wildman–Crippen MR) is 95.5 cm³/mol. The lowest BCUT2D eigenvalue weighted by Crippen LogP contribution is -2.31. The van der Waals surface area contributed by atoms with E-state index in [0.29, 0.717) is 11.5 Å². The highest BCUT2D eigenvalue weighted by Crippen LogP contribution is 2.22.